The van der Waals surface area contributed by atoms with Gasteiger partial charge < -0.3 is 15.3 Å². The molecule has 1 aliphatic carbocycles. The van der Waals surface area contributed by atoms with Crippen LogP contribution in [-0.2, 0) is 21.9 Å². The third-order valence-corrected chi connectivity index (χ3v) is 9.53. The predicted molar refractivity (Wildman–Crippen MR) is 173 cm³/mol. The van der Waals surface area contributed by atoms with Crippen LogP contribution in [-0.4, -0.2) is 44.8 Å². The van der Waals surface area contributed by atoms with Crippen LogP contribution in [0.2, 0.25) is 5.02 Å². The van der Waals surface area contributed by atoms with Crippen LogP contribution >= 0.6 is 11.6 Å². The molecule has 7 nitrogen and oxygen atoms in total. The van der Waals surface area contributed by atoms with Crippen LogP contribution in [0.1, 0.15) is 55.5 Å². The number of alkyl halides is 6. The highest BCUT2D eigenvalue weighted by Crippen LogP contribution is 2.50. The molecule has 266 valence electrons. The first kappa shape index (κ1) is 37.1. The third-order valence-electron chi connectivity index (χ3n) is 9.20. The van der Waals surface area contributed by atoms with Crippen molar-refractivity contribution in [2.75, 3.05) is 11.5 Å². The summed E-state index contributed by atoms with van der Waals surface area (Å²) in [4.78, 5) is 32.3. The molecule has 2 aliphatic rings. The summed E-state index contributed by atoms with van der Waals surface area (Å²) in [5.41, 5.74) is -1.59. The molecule has 0 unspecified atom stereocenters. The minimum Gasteiger partial charge on any atom is -0.508 e. The largest absolute Gasteiger partial charge is 0.508 e. The summed E-state index contributed by atoms with van der Waals surface area (Å²) in [6.07, 6.45) is -8.19. The Bertz CT molecular complexity index is 1810. The molecule has 3 aromatic rings. The van der Waals surface area contributed by atoms with E-state index in [2.05, 4.69) is 4.98 Å². The van der Waals surface area contributed by atoms with Gasteiger partial charge in [0.25, 0.3) is 0 Å². The number of phenols is 1. The van der Waals surface area contributed by atoms with Gasteiger partial charge in [0.15, 0.2) is 0 Å². The standard InChI is InChI=1S/C36H33ClF6N2O5/c1-18(2)25-16-26-32(34(50)45(33(26)49)23-13-21(35(38,39)40)12-22(14-23)36(41,42)43)27(17-46)31(25)30(48)9-7-20(29-5-3-4-10-44-29)11-19-6-8-24(47)15-28(19)37/h3-6,8,10-15,18,26-27,30,32,46-48H,7,9,16-17H2,1-2H3/b20-11-/t26-,27+,30-,32-/m1/s1. The van der Waals surface area contributed by atoms with Crippen LogP contribution in [0.25, 0.3) is 11.6 Å². The lowest BCUT2D eigenvalue weighted by atomic mass is 9.66. The molecule has 0 saturated carbocycles. The second-order valence-corrected chi connectivity index (χ2v) is 13.1. The lowest BCUT2D eigenvalue weighted by Crippen LogP contribution is -2.40. The highest BCUT2D eigenvalue weighted by molar-refractivity contribution is 6.32. The number of aromatic nitrogens is 1. The lowest BCUT2D eigenvalue weighted by Gasteiger charge is -2.38. The number of rotatable bonds is 9. The van der Waals surface area contributed by atoms with Crippen molar-refractivity contribution < 1.29 is 51.3 Å². The number of aromatic hydroxyl groups is 1. The Morgan fingerprint density at radius 3 is 2.20 bits per heavy atom. The van der Waals surface area contributed by atoms with Crippen molar-refractivity contribution in [2.24, 2.45) is 23.7 Å². The molecule has 0 radical (unpaired) electrons. The Morgan fingerprint density at radius 1 is 1.00 bits per heavy atom. The van der Waals surface area contributed by atoms with Gasteiger partial charge in [0.05, 0.1) is 52.1 Å². The summed E-state index contributed by atoms with van der Waals surface area (Å²) < 4.78 is 81.9. The minimum atomic E-state index is -5.21. The molecule has 5 rings (SSSR count). The quantitative estimate of drug-likeness (QED) is 0.118. The molecule has 1 saturated heterocycles. The first-order valence-corrected chi connectivity index (χ1v) is 16.1. The first-order valence-electron chi connectivity index (χ1n) is 15.7. The van der Waals surface area contributed by atoms with Crippen LogP contribution in [0, 0.1) is 23.7 Å². The number of fused-ring (bicyclic) bond motifs is 1. The van der Waals surface area contributed by atoms with E-state index in [0.717, 1.165) is 0 Å². The SMILES string of the molecule is CC(C)C1=C([C@H](O)CC/C(=C/c2ccc(O)cc2Cl)c2ccccn2)[C@H](CO)[C@@H]2C(=O)N(c3cc(C(F)(F)F)cc(C(F)(F)F)c3)C(=O)[C@@H]2C1. The van der Waals surface area contributed by atoms with Crippen LogP contribution in [0.4, 0.5) is 32.0 Å². The van der Waals surface area contributed by atoms with E-state index in [0.29, 0.717) is 45.0 Å². The van der Waals surface area contributed by atoms with Crippen molar-refractivity contribution in [3.63, 3.8) is 0 Å². The summed E-state index contributed by atoms with van der Waals surface area (Å²) in [5, 5.41) is 32.4. The molecule has 1 aromatic heterocycles. The number of halogens is 7. The molecule has 1 aliphatic heterocycles. The molecular formula is C36H33ClF6N2O5. The maximum Gasteiger partial charge on any atom is 0.416 e. The highest BCUT2D eigenvalue weighted by Gasteiger charge is 2.56. The predicted octanol–water partition coefficient (Wildman–Crippen LogP) is 7.93. The van der Waals surface area contributed by atoms with Gasteiger partial charge in [-0.2, -0.15) is 26.3 Å². The van der Waals surface area contributed by atoms with Gasteiger partial charge >= 0.3 is 12.4 Å². The molecule has 2 aromatic carbocycles. The van der Waals surface area contributed by atoms with Gasteiger partial charge in [-0.1, -0.05) is 37.1 Å². The summed E-state index contributed by atoms with van der Waals surface area (Å²) in [7, 11) is 0. The van der Waals surface area contributed by atoms with E-state index in [4.69, 9.17) is 11.6 Å². The van der Waals surface area contributed by atoms with Gasteiger partial charge in [0, 0.05) is 12.1 Å². The van der Waals surface area contributed by atoms with Crippen molar-refractivity contribution in [1.29, 1.82) is 0 Å². The fourth-order valence-corrected chi connectivity index (χ4v) is 7.09. The number of nitrogens with zero attached hydrogens (tertiary/aromatic N) is 2. The molecule has 2 heterocycles. The molecule has 50 heavy (non-hydrogen) atoms. The summed E-state index contributed by atoms with van der Waals surface area (Å²) in [6.45, 7) is 2.84. The average molecular weight is 723 g/mol. The van der Waals surface area contributed by atoms with Gasteiger partial charge in [-0.05, 0) is 96.5 Å². The third kappa shape index (κ3) is 7.45. The number of benzene rings is 2. The summed E-state index contributed by atoms with van der Waals surface area (Å²) in [5.74, 6) is -6.06. The molecule has 2 amide bonds. The normalized spacial score (nSPS) is 20.9. The van der Waals surface area contributed by atoms with Crippen molar-refractivity contribution >= 4 is 40.8 Å². The Balaban J connectivity index is 1.50. The fourth-order valence-electron chi connectivity index (χ4n) is 6.86. The number of allylic oxidation sites excluding steroid dienone is 2. The highest BCUT2D eigenvalue weighted by atomic mass is 35.5. The van der Waals surface area contributed by atoms with E-state index >= 15 is 0 Å². The molecule has 1 fully saturated rings. The second kappa shape index (κ2) is 14.2. The zero-order valence-electron chi connectivity index (χ0n) is 26.8. The monoisotopic (exact) mass is 722 g/mol. The maximum absolute atomic E-state index is 13.9. The number of imide groups is 1. The zero-order valence-corrected chi connectivity index (χ0v) is 27.5. The Kier molecular flexibility index (Phi) is 10.5. The van der Waals surface area contributed by atoms with Gasteiger partial charge in [-0.15, -0.1) is 0 Å². The zero-order chi connectivity index (χ0) is 36.7. The van der Waals surface area contributed by atoms with E-state index in [1.165, 1.54) is 12.1 Å². The fraction of sp³-hybridized carbons (Fsp3) is 0.361. The number of hydrogen-bond donors (Lipinski definition) is 3. The van der Waals surface area contributed by atoms with E-state index in [9.17, 15) is 51.3 Å². The second-order valence-electron chi connectivity index (χ2n) is 12.7. The number of hydrogen-bond acceptors (Lipinski definition) is 6. The van der Waals surface area contributed by atoms with Crippen LogP contribution in [0.15, 0.2) is 71.9 Å². The molecule has 3 N–H and O–H groups in total. The van der Waals surface area contributed by atoms with Crippen molar-refractivity contribution in [3.05, 3.63) is 99.3 Å². The van der Waals surface area contributed by atoms with Crippen LogP contribution < -0.4 is 4.90 Å². The van der Waals surface area contributed by atoms with Gasteiger partial charge in [0.1, 0.15) is 5.75 Å². The van der Waals surface area contributed by atoms with Gasteiger partial charge in [0.2, 0.25) is 11.8 Å². The minimum absolute atomic E-state index is 0.0342. The van der Waals surface area contributed by atoms with Gasteiger partial charge in [-0.25, -0.2) is 4.90 Å². The van der Waals surface area contributed by atoms with Crippen LogP contribution in [0.5, 0.6) is 5.75 Å². The summed E-state index contributed by atoms with van der Waals surface area (Å²) >= 11 is 6.35. The molecule has 0 spiro atoms. The number of anilines is 1. The average Bonchev–Trinajstić information content (AvgIpc) is 3.30. The molecule has 4 atom stereocenters. The van der Waals surface area contributed by atoms with E-state index in [-0.39, 0.29) is 42.0 Å². The Labute approximate surface area is 288 Å². The molecule has 14 heteroatoms. The number of amides is 2. The number of aliphatic hydroxyl groups excluding tert-OH is 2. The number of phenolic OH excluding ortho intramolecular Hbond substituents is 1. The smallest absolute Gasteiger partial charge is 0.416 e. The van der Waals surface area contributed by atoms with Gasteiger partial charge in [-0.3, -0.25) is 14.6 Å². The van der Waals surface area contributed by atoms with Crippen molar-refractivity contribution in [3.8, 4) is 5.75 Å². The van der Waals surface area contributed by atoms with Crippen molar-refractivity contribution in [2.45, 2.75) is 51.6 Å². The van der Waals surface area contributed by atoms with E-state index in [1.54, 1.807) is 50.4 Å². The van der Waals surface area contributed by atoms with Crippen LogP contribution in [0.3, 0.4) is 0 Å². The Morgan fingerprint density at radius 2 is 1.66 bits per heavy atom. The lowest BCUT2D eigenvalue weighted by molar-refractivity contribution is -0.143. The summed E-state index contributed by atoms with van der Waals surface area (Å²) in [6, 6.07) is 10.2. The Hall–Kier alpha value is -4.20. The van der Waals surface area contributed by atoms with Crippen molar-refractivity contribution in [1.82, 2.24) is 4.98 Å². The molecular weight excluding hydrogens is 690 g/mol. The first-order chi connectivity index (χ1) is 23.4. The van der Waals surface area contributed by atoms with E-state index in [1.807, 2.05) is 0 Å². The topological polar surface area (TPSA) is 111 Å². The number of carbonyl (C=O) groups is 2. The van der Waals surface area contributed by atoms with E-state index < -0.39 is 71.4 Å². The number of carbonyl (C=O) groups excluding carboxylic acids is 2. The maximum atomic E-state index is 13.9. The molecule has 0 bridgehead atoms. The number of pyridine rings is 1. The number of aliphatic hydroxyl groups is 2.